The van der Waals surface area contributed by atoms with Crippen LogP contribution >= 0.6 is 0 Å². The molecule has 1 atom stereocenters. The van der Waals surface area contributed by atoms with Crippen molar-refractivity contribution in [3.63, 3.8) is 0 Å². The number of hydrogen-bond acceptors (Lipinski definition) is 5. The second-order valence-electron chi connectivity index (χ2n) is 8.85. The number of carbonyl (C=O) groups excluding carboxylic acids is 3. The topological polar surface area (TPSA) is 84.9 Å². The average molecular weight is 517 g/mol. The van der Waals surface area contributed by atoms with Gasteiger partial charge in [-0.1, -0.05) is 42.5 Å². The van der Waals surface area contributed by atoms with Crippen LogP contribution < -0.4 is 10.1 Å². The van der Waals surface area contributed by atoms with Crippen LogP contribution in [0.15, 0.2) is 90.1 Å². The zero-order chi connectivity index (χ0) is 27.1. The third kappa shape index (κ3) is 6.45. The van der Waals surface area contributed by atoms with E-state index in [-0.39, 0.29) is 25.5 Å². The minimum atomic E-state index is -0.532. The maximum atomic E-state index is 13.2. The largest absolute Gasteiger partial charge is 0.489 e. The van der Waals surface area contributed by atoms with Gasteiger partial charge in [0.05, 0.1) is 12.2 Å². The van der Waals surface area contributed by atoms with E-state index in [1.807, 2.05) is 54.6 Å². The molecule has 8 heteroatoms. The number of nitrogens with one attached hydrogen (secondary N) is 1. The van der Waals surface area contributed by atoms with Gasteiger partial charge in [-0.15, -0.1) is 0 Å². The van der Waals surface area contributed by atoms with Crippen molar-refractivity contribution in [3.8, 4) is 5.75 Å². The molecule has 0 aromatic heterocycles. The molecule has 3 aromatic rings. The fourth-order valence-electron chi connectivity index (χ4n) is 4.38. The van der Waals surface area contributed by atoms with Gasteiger partial charge in [0.1, 0.15) is 24.7 Å². The van der Waals surface area contributed by atoms with Crippen molar-refractivity contribution in [1.82, 2.24) is 4.90 Å². The summed E-state index contributed by atoms with van der Waals surface area (Å²) in [5, 5.41) is 2.65. The predicted octanol–water partition coefficient (Wildman–Crippen LogP) is 5.20. The number of halogens is 1. The van der Waals surface area contributed by atoms with Crippen LogP contribution in [0, 0.1) is 5.82 Å². The molecule has 0 saturated heterocycles. The fourth-order valence-corrected chi connectivity index (χ4v) is 4.38. The number of anilines is 1. The quantitative estimate of drug-likeness (QED) is 0.396. The number of amides is 2. The first kappa shape index (κ1) is 26.6. The first-order chi connectivity index (χ1) is 18.4. The lowest BCUT2D eigenvalue weighted by atomic mass is 9.83. The molecular formula is C30H29FN2O5. The van der Waals surface area contributed by atoms with E-state index in [1.54, 1.807) is 13.8 Å². The van der Waals surface area contributed by atoms with Crippen LogP contribution in [0.4, 0.5) is 10.1 Å². The van der Waals surface area contributed by atoms with Gasteiger partial charge in [0.25, 0.3) is 0 Å². The highest BCUT2D eigenvalue weighted by atomic mass is 19.1. The van der Waals surface area contributed by atoms with Crippen LogP contribution in [0.2, 0.25) is 0 Å². The molecule has 0 spiro atoms. The molecule has 2 amide bonds. The molecule has 1 aliphatic rings. The first-order valence-electron chi connectivity index (χ1n) is 12.4. The number of allylic oxidation sites excluding steroid dienone is 1. The van der Waals surface area contributed by atoms with E-state index in [0.29, 0.717) is 29.3 Å². The molecule has 3 aromatic carbocycles. The van der Waals surface area contributed by atoms with E-state index in [1.165, 1.54) is 29.2 Å². The van der Waals surface area contributed by atoms with Gasteiger partial charge < -0.3 is 19.7 Å². The minimum Gasteiger partial charge on any atom is -0.489 e. The van der Waals surface area contributed by atoms with Crippen LogP contribution in [-0.4, -0.2) is 35.8 Å². The monoisotopic (exact) mass is 516 g/mol. The predicted molar refractivity (Wildman–Crippen MR) is 141 cm³/mol. The Labute approximate surface area is 220 Å². The van der Waals surface area contributed by atoms with Crippen molar-refractivity contribution in [2.75, 3.05) is 18.5 Å². The standard InChI is InChI=1S/C30H29FN2O5/c1-3-37-30(36)29-20(2)33(18-27(34)32-24-13-11-23(31)12-14-24)28(35)17-26(29)22-9-15-25(16-10-22)38-19-21-7-5-4-6-8-21/h4-16,26H,3,17-19H2,1-2H3,(H,32,34). The SMILES string of the molecule is CCOC(=O)C1=C(C)N(CC(=O)Nc2ccc(F)cc2)C(=O)CC1c1ccc(OCc2ccccc2)cc1. The number of nitrogens with zero attached hydrogens (tertiary/aromatic N) is 1. The summed E-state index contributed by atoms with van der Waals surface area (Å²) >= 11 is 0. The fraction of sp³-hybridized carbons (Fsp3) is 0.233. The van der Waals surface area contributed by atoms with Crippen molar-refractivity contribution in [2.45, 2.75) is 32.8 Å². The van der Waals surface area contributed by atoms with Crippen molar-refractivity contribution in [3.05, 3.63) is 107 Å². The van der Waals surface area contributed by atoms with Gasteiger partial charge in [0, 0.05) is 23.7 Å². The Bertz CT molecular complexity index is 1320. The molecule has 38 heavy (non-hydrogen) atoms. The van der Waals surface area contributed by atoms with Gasteiger partial charge in [0.2, 0.25) is 11.8 Å². The number of rotatable bonds is 9. The van der Waals surface area contributed by atoms with Crippen molar-refractivity contribution >= 4 is 23.5 Å². The number of ether oxygens (including phenoxy) is 2. The number of benzene rings is 3. The van der Waals surface area contributed by atoms with Crippen LogP contribution in [0.25, 0.3) is 0 Å². The molecule has 0 fully saturated rings. The Hall–Kier alpha value is -4.46. The van der Waals surface area contributed by atoms with Crippen LogP contribution in [-0.2, 0) is 25.7 Å². The lowest BCUT2D eigenvalue weighted by Crippen LogP contribution is -2.42. The summed E-state index contributed by atoms with van der Waals surface area (Å²) in [6.07, 6.45) is -0.000461. The number of esters is 1. The molecular weight excluding hydrogens is 487 g/mol. The van der Waals surface area contributed by atoms with E-state index in [0.717, 1.165) is 11.1 Å². The van der Waals surface area contributed by atoms with Crippen molar-refractivity contribution in [1.29, 1.82) is 0 Å². The molecule has 0 radical (unpaired) electrons. The summed E-state index contributed by atoms with van der Waals surface area (Å²) in [5.74, 6) is -1.58. The molecule has 7 nitrogen and oxygen atoms in total. The third-order valence-corrected chi connectivity index (χ3v) is 6.28. The van der Waals surface area contributed by atoms with E-state index in [4.69, 9.17) is 9.47 Å². The summed E-state index contributed by atoms with van der Waals surface area (Å²) in [7, 11) is 0. The van der Waals surface area contributed by atoms with E-state index in [2.05, 4.69) is 5.32 Å². The molecule has 1 N–H and O–H groups in total. The highest BCUT2D eigenvalue weighted by molar-refractivity contribution is 5.99. The highest BCUT2D eigenvalue weighted by Gasteiger charge is 2.37. The van der Waals surface area contributed by atoms with Gasteiger partial charge in [-0.3, -0.25) is 9.59 Å². The maximum absolute atomic E-state index is 13.2. The molecule has 0 bridgehead atoms. The molecule has 1 unspecified atom stereocenters. The van der Waals surface area contributed by atoms with Crippen LogP contribution in [0.1, 0.15) is 37.3 Å². The van der Waals surface area contributed by atoms with E-state index < -0.39 is 23.6 Å². The number of carbonyl (C=O) groups is 3. The van der Waals surface area contributed by atoms with Crippen LogP contribution in [0.5, 0.6) is 5.75 Å². The summed E-state index contributed by atoms with van der Waals surface area (Å²) in [5.41, 5.74) is 2.91. The van der Waals surface area contributed by atoms with Gasteiger partial charge in [0.15, 0.2) is 0 Å². The second kappa shape index (κ2) is 12.2. The Kier molecular flexibility index (Phi) is 8.53. The van der Waals surface area contributed by atoms with Gasteiger partial charge in [-0.05, 0) is 61.4 Å². The molecule has 1 aliphatic heterocycles. The maximum Gasteiger partial charge on any atom is 0.336 e. The Morgan fingerprint density at radius 1 is 1.00 bits per heavy atom. The normalized spacial score (nSPS) is 15.3. The smallest absolute Gasteiger partial charge is 0.336 e. The van der Waals surface area contributed by atoms with Gasteiger partial charge in [-0.2, -0.15) is 0 Å². The second-order valence-corrected chi connectivity index (χ2v) is 8.85. The Morgan fingerprint density at radius 2 is 1.68 bits per heavy atom. The van der Waals surface area contributed by atoms with Gasteiger partial charge >= 0.3 is 5.97 Å². The third-order valence-electron chi connectivity index (χ3n) is 6.28. The summed E-state index contributed by atoms with van der Waals surface area (Å²) < 4.78 is 24.3. The zero-order valence-electron chi connectivity index (χ0n) is 21.3. The van der Waals surface area contributed by atoms with Gasteiger partial charge in [-0.25, -0.2) is 9.18 Å². The summed E-state index contributed by atoms with van der Waals surface area (Å²) in [6.45, 7) is 3.66. The van der Waals surface area contributed by atoms with Crippen LogP contribution in [0.3, 0.4) is 0 Å². The average Bonchev–Trinajstić information content (AvgIpc) is 2.92. The molecule has 1 heterocycles. The van der Waals surface area contributed by atoms with Crippen molar-refractivity contribution in [2.24, 2.45) is 0 Å². The molecule has 196 valence electrons. The Morgan fingerprint density at radius 3 is 2.34 bits per heavy atom. The minimum absolute atomic E-state index is 0.000461. The zero-order valence-corrected chi connectivity index (χ0v) is 21.3. The molecule has 4 rings (SSSR count). The summed E-state index contributed by atoms with van der Waals surface area (Å²) in [4.78, 5) is 40.1. The van der Waals surface area contributed by atoms with Crippen molar-refractivity contribution < 1.29 is 28.2 Å². The summed E-state index contributed by atoms with van der Waals surface area (Å²) in [6, 6.07) is 22.4. The first-order valence-corrected chi connectivity index (χ1v) is 12.4. The highest BCUT2D eigenvalue weighted by Crippen LogP contribution is 2.37. The van der Waals surface area contributed by atoms with E-state index in [9.17, 15) is 18.8 Å². The van der Waals surface area contributed by atoms with E-state index >= 15 is 0 Å². The lowest BCUT2D eigenvalue weighted by Gasteiger charge is -2.34. The molecule has 0 saturated carbocycles. The lowest BCUT2D eigenvalue weighted by molar-refractivity contribution is -0.140. The number of hydrogen-bond donors (Lipinski definition) is 1. The Balaban J connectivity index is 1.53. The molecule has 0 aliphatic carbocycles.